The van der Waals surface area contributed by atoms with Crippen LogP contribution in [-0.2, 0) is 4.74 Å². The molecule has 1 unspecified atom stereocenters. The number of carbonyl (C=O) groups excluding carboxylic acids is 1. The van der Waals surface area contributed by atoms with Crippen molar-refractivity contribution in [3.8, 4) is 16.9 Å². The van der Waals surface area contributed by atoms with Crippen molar-refractivity contribution in [3.05, 3.63) is 53.6 Å². The largest absolute Gasteiger partial charge is 0.508 e. The van der Waals surface area contributed by atoms with Gasteiger partial charge in [-0.2, -0.15) is 0 Å². The summed E-state index contributed by atoms with van der Waals surface area (Å²) in [5, 5.41) is 10.1. The summed E-state index contributed by atoms with van der Waals surface area (Å²) < 4.78 is 5.14. The van der Waals surface area contributed by atoms with E-state index in [2.05, 4.69) is 12.1 Å². The topological polar surface area (TPSA) is 72.6 Å². The molecule has 1 atom stereocenters. The van der Waals surface area contributed by atoms with Crippen LogP contribution in [0, 0.1) is 0 Å². The highest BCUT2D eigenvalue weighted by Crippen LogP contribution is 2.56. The van der Waals surface area contributed by atoms with E-state index in [0.717, 1.165) is 23.1 Å². The summed E-state index contributed by atoms with van der Waals surface area (Å²) >= 11 is 0. The Morgan fingerprint density at radius 2 is 1.87 bits per heavy atom. The van der Waals surface area contributed by atoms with Gasteiger partial charge in [0.15, 0.2) is 0 Å². The fourth-order valence-electron chi connectivity index (χ4n) is 3.23. The minimum Gasteiger partial charge on any atom is -0.508 e. The Labute approximate surface area is 135 Å². The average molecular weight is 311 g/mol. The van der Waals surface area contributed by atoms with Crippen LogP contribution in [0.25, 0.3) is 11.1 Å². The minimum atomic E-state index is -0.754. The molecule has 3 N–H and O–H groups in total. The number of benzene rings is 2. The zero-order chi connectivity index (χ0) is 16.6. The number of primary amides is 1. The Morgan fingerprint density at radius 1 is 1.17 bits per heavy atom. The summed E-state index contributed by atoms with van der Waals surface area (Å²) in [6.45, 7) is 3.70. The molecule has 1 aliphatic carbocycles. The maximum absolute atomic E-state index is 10.9. The second-order valence-electron chi connectivity index (χ2n) is 6.60. The number of nitrogens with two attached hydrogens (primary N) is 1. The van der Waals surface area contributed by atoms with Gasteiger partial charge >= 0.3 is 6.09 Å². The molecule has 0 spiro atoms. The van der Waals surface area contributed by atoms with E-state index in [1.54, 1.807) is 6.07 Å². The zero-order valence-corrected chi connectivity index (χ0v) is 13.4. The summed E-state index contributed by atoms with van der Waals surface area (Å²) in [4.78, 5) is 10.9. The molecule has 1 amide bonds. The standard InChI is InChI=1S/C19H21NO3/c1-19(2,23-18(20)22)11-10-14-16-13(8-9-15(21)17(14)16)12-6-4-3-5-7-12/h3-9,14,21H,10-11H2,1-2H3,(H2,20,22). The molecule has 4 heteroatoms. The van der Waals surface area contributed by atoms with Crippen molar-refractivity contribution < 1.29 is 14.6 Å². The molecule has 0 radical (unpaired) electrons. The Balaban J connectivity index is 1.78. The molecular formula is C19H21NO3. The molecule has 0 saturated carbocycles. The van der Waals surface area contributed by atoms with E-state index in [1.165, 1.54) is 5.56 Å². The van der Waals surface area contributed by atoms with E-state index >= 15 is 0 Å². The van der Waals surface area contributed by atoms with Crippen LogP contribution in [0.1, 0.15) is 43.7 Å². The van der Waals surface area contributed by atoms with Gasteiger partial charge in [0.1, 0.15) is 11.4 Å². The number of aromatic hydroxyl groups is 1. The number of phenols is 1. The lowest BCUT2D eigenvalue weighted by Gasteiger charge is -2.23. The Kier molecular flexibility index (Phi) is 3.76. The number of hydrogen-bond acceptors (Lipinski definition) is 3. The second-order valence-corrected chi connectivity index (χ2v) is 6.60. The Hall–Kier alpha value is -2.49. The van der Waals surface area contributed by atoms with Gasteiger partial charge in [-0.1, -0.05) is 36.4 Å². The summed E-state index contributed by atoms with van der Waals surface area (Å²) in [7, 11) is 0. The fraction of sp³-hybridized carbons (Fsp3) is 0.316. The monoisotopic (exact) mass is 311 g/mol. The van der Waals surface area contributed by atoms with Gasteiger partial charge in [-0.25, -0.2) is 4.79 Å². The Morgan fingerprint density at radius 3 is 2.52 bits per heavy atom. The lowest BCUT2D eigenvalue weighted by Crippen LogP contribution is -2.31. The first-order chi connectivity index (χ1) is 10.9. The van der Waals surface area contributed by atoms with Gasteiger partial charge < -0.3 is 15.6 Å². The average Bonchev–Trinajstić information content (AvgIpc) is 3.21. The predicted octanol–water partition coefficient (Wildman–Crippen LogP) is 4.16. The molecular weight excluding hydrogens is 290 g/mol. The van der Waals surface area contributed by atoms with Crippen molar-refractivity contribution in [1.29, 1.82) is 0 Å². The van der Waals surface area contributed by atoms with Gasteiger partial charge in [-0.05, 0) is 49.4 Å². The van der Waals surface area contributed by atoms with E-state index in [9.17, 15) is 9.90 Å². The molecule has 4 nitrogen and oxygen atoms in total. The third kappa shape index (κ3) is 3.16. The SMILES string of the molecule is CC(C)(CCC1c2c(O)ccc(-c3ccccc3)c21)OC(N)=O. The van der Waals surface area contributed by atoms with Crippen molar-refractivity contribution >= 4 is 6.09 Å². The molecule has 0 saturated heterocycles. The summed E-state index contributed by atoms with van der Waals surface area (Å²) in [6.07, 6.45) is 0.742. The first kappa shape index (κ1) is 15.4. The van der Waals surface area contributed by atoms with Gasteiger partial charge in [0.25, 0.3) is 0 Å². The van der Waals surface area contributed by atoms with Crippen LogP contribution in [0.5, 0.6) is 5.75 Å². The van der Waals surface area contributed by atoms with Crippen molar-refractivity contribution in [2.24, 2.45) is 5.73 Å². The summed E-state index contributed by atoms with van der Waals surface area (Å²) in [5.74, 6) is 0.564. The van der Waals surface area contributed by atoms with E-state index in [-0.39, 0.29) is 5.92 Å². The maximum atomic E-state index is 10.9. The molecule has 0 aromatic heterocycles. The lowest BCUT2D eigenvalue weighted by molar-refractivity contribution is 0.0375. The smallest absolute Gasteiger partial charge is 0.405 e. The number of ether oxygens (including phenoxy) is 1. The van der Waals surface area contributed by atoms with Crippen molar-refractivity contribution in [2.45, 2.75) is 38.2 Å². The van der Waals surface area contributed by atoms with Crippen LogP contribution in [0.2, 0.25) is 0 Å². The second kappa shape index (κ2) is 5.61. The lowest BCUT2D eigenvalue weighted by atomic mass is 9.98. The van der Waals surface area contributed by atoms with Gasteiger partial charge in [-0.15, -0.1) is 0 Å². The number of carbonyl (C=O) groups is 1. The van der Waals surface area contributed by atoms with Crippen molar-refractivity contribution in [1.82, 2.24) is 0 Å². The highest BCUT2D eigenvalue weighted by atomic mass is 16.6. The van der Waals surface area contributed by atoms with Crippen LogP contribution in [-0.4, -0.2) is 16.8 Å². The highest BCUT2D eigenvalue weighted by Gasteiger charge is 2.40. The molecule has 3 rings (SSSR count). The van der Waals surface area contributed by atoms with Gasteiger partial charge in [0, 0.05) is 11.5 Å². The quantitative estimate of drug-likeness (QED) is 0.871. The number of rotatable bonds is 5. The normalized spacial score (nSPS) is 15.8. The highest BCUT2D eigenvalue weighted by molar-refractivity contribution is 5.79. The summed E-state index contributed by atoms with van der Waals surface area (Å²) in [5.41, 5.74) is 9.04. The third-order valence-corrected chi connectivity index (χ3v) is 4.37. The minimum absolute atomic E-state index is 0.218. The molecule has 0 aliphatic heterocycles. The summed E-state index contributed by atoms with van der Waals surface area (Å²) in [6, 6.07) is 13.9. The molecule has 0 bridgehead atoms. The molecule has 0 fully saturated rings. The van der Waals surface area contributed by atoms with Gasteiger partial charge in [0.05, 0.1) is 0 Å². The first-order valence-corrected chi connectivity index (χ1v) is 7.79. The molecule has 1 aliphatic rings. The molecule has 2 aromatic carbocycles. The van der Waals surface area contributed by atoms with Gasteiger partial charge in [-0.3, -0.25) is 0 Å². The van der Waals surface area contributed by atoms with Crippen LogP contribution in [0.3, 0.4) is 0 Å². The number of fused-ring (bicyclic) bond motifs is 1. The maximum Gasteiger partial charge on any atom is 0.405 e. The van der Waals surface area contributed by atoms with Crippen LogP contribution >= 0.6 is 0 Å². The zero-order valence-electron chi connectivity index (χ0n) is 13.4. The van der Waals surface area contributed by atoms with E-state index in [0.29, 0.717) is 12.2 Å². The first-order valence-electron chi connectivity index (χ1n) is 7.79. The van der Waals surface area contributed by atoms with E-state index < -0.39 is 11.7 Å². The van der Waals surface area contributed by atoms with Crippen molar-refractivity contribution in [3.63, 3.8) is 0 Å². The van der Waals surface area contributed by atoms with Crippen LogP contribution < -0.4 is 5.73 Å². The molecule has 23 heavy (non-hydrogen) atoms. The predicted molar refractivity (Wildman–Crippen MR) is 89.4 cm³/mol. The van der Waals surface area contributed by atoms with Gasteiger partial charge in [0.2, 0.25) is 0 Å². The number of phenolic OH excluding ortho intramolecular Hbond substituents is 1. The number of hydrogen-bond donors (Lipinski definition) is 2. The fourth-order valence-corrected chi connectivity index (χ4v) is 3.23. The third-order valence-electron chi connectivity index (χ3n) is 4.37. The van der Waals surface area contributed by atoms with Crippen LogP contribution in [0.4, 0.5) is 4.79 Å². The van der Waals surface area contributed by atoms with E-state index in [4.69, 9.17) is 10.5 Å². The molecule has 0 heterocycles. The number of amides is 1. The molecule has 120 valence electrons. The molecule has 2 aromatic rings. The van der Waals surface area contributed by atoms with Crippen molar-refractivity contribution in [2.75, 3.05) is 0 Å². The van der Waals surface area contributed by atoms with Crippen LogP contribution in [0.15, 0.2) is 42.5 Å². The van der Waals surface area contributed by atoms with E-state index in [1.807, 2.05) is 38.1 Å². The Bertz CT molecular complexity index is 738.